The predicted molar refractivity (Wildman–Crippen MR) is 124 cm³/mol. The van der Waals surface area contributed by atoms with Crippen LogP contribution in [0.5, 0.6) is 11.6 Å². The smallest absolute Gasteiger partial charge is 0.261 e. The second kappa shape index (κ2) is 8.40. The van der Waals surface area contributed by atoms with Crippen LogP contribution in [0.1, 0.15) is 12.5 Å². The Morgan fingerprint density at radius 3 is 2.61 bits per heavy atom. The summed E-state index contributed by atoms with van der Waals surface area (Å²) in [6.07, 6.45) is 4.65. The van der Waals surface area contributed by atoms with Crippen molar-refractivity contribution >= 4 is 26.6 Å². The molecule has 4 rings (SSSR count). The molecule has 3 heterocycles. The van der Waals surface area contributed by atoms with Crippen LogP contribution >= 0.6 is 0 Å². The van der Waals surface area contributed by atoms with E-state index < -0.39 is 10.0 Å². The number of nitriles is 1. The van der Waals surface area contributed by atoms with Gasteiger partial charge in [0, 0.05) is 55.6 Å². The molecule has 0 spiro atoms. The lowest BCUT2D eigenvalue weighted by Gasteiger charge is -2.15. The van der Waals surface area contributed by atoms with E-state index in [0.29, 0.717) is 39.0 Å². The number of hydrogen-bond acceptors (Lipinski definition) is 7. The summed E-state index contributed by atoms with van der Waals surface area (Å²) in [4.78, 5) is 16.7. The highest BCUT2D eigenvalue weighted by Crippen LogP contribution is 2.37. The maximum atomic E-state index is 12.6. The summed E-state index contributed by atoms with van der Waals surface area (Å²) in [5.41, 5.74) is 2.06. The van der Waals surface area contributed by atoms with E-state index in [9.17, 15) is 13.2 Å². The zero-order chi connectivity index (χ0) is 23.8. The fraction of sp³-hybridized carbons (Fsp3) is 0.182. The van der Waals surface area contributed by atoms with E-state index in [1.807, 2.05) is 6.07 Å². The van der Waals surface area contributed by atoms with Crippen molar-refractivity contribution in [3.05, 3.63) is 64.8 Å². The van der Waals surface area contributed by atoms with Crippen molar-refractivity contribution in [1.82, 2.24) is 19.3 Å². The Hall–Kier alpha value is -4.17. The van der Waals surface area contributed by atoms with Crippen molar-refractivity contribution in [2.24, 2.45) is 14.1 Å². The number of nitrogens with one attached hydrogen (secondary N) is 1. The summed E-state index contributed by atoms with van der Waals surface area (Å²) < 4.78 is 35.8. The van der Waals surface area contributed by atoms with Gasteiger partial charge in [-0.25, -0.2) is 13.4 Å². The fourth-order valence-electron chi connectivity index (χ4n) is 3.31. The molecule has 0 fully saturated rings. The van der Waals surface area contributed by atoms with Gasteiger partial charge in [-0.05, 0) is 31.2 Å². The van der Waals surface area contributed by atoms with E-state index in [1.165, 1.54) is 10.8 Å². The van der Waals surface area contributed by atoms with E-state index in [2.05, 4.69) is 14.8 Å². The van der Waals surface area contributed by atoms with Crippen LogP contribution in [0.25, 0.3) is 22.0 Å². The third-order valence-electron chi connectivity index (χ3n) is 4.96. The second-order valence-electron chi connectivity index (χ2n) is 7.34. The van der Waals surface area contributed by atoms with Gasteiger partial charge in [0.1, 0.15) is 17.3 Å². The third-order valence-corrected chi connectivity index (χ3v) is 6.27. The number of hydrogen-bond donors (Lipinski definition) is 1. The Labute approximate surface area is 189 Å². The number of rotatable bonds is 6. The first-order chi connectivity index (χ1) is 15.7. The van der Waals surface area contributed by atoms with Gasteiger partial charge in [-0.3, -0.25) is 14.2 Å². The molecule has 0 radical (unpaired) electrons. The summed E-state index contributed by atoms with van der Waals surface area (Å²) in [5.74, 6) is 0.538. The molecule has 0 bridgehead atoms. The fourth-order valence-corrected chi connectivity index (χ4v) is 3.94. The number of pyridine rings is 2. The molecular formula is C22H20N6O4S. The number of anilines is 1. The van der Waals surface area contributed by atoms with Gasteiger partial charge < -0.3 is 9.30 Å². The molecule has 0 saturated heterocycles. The molecule has 3 aromatic heterocycles. The topological polar surface area (TPSA) is 132 Å². The number of benzene rings is 1. The molecule has 0 saturated carbocycles. The predicted octanol–water partition coefficient (Wildman–Crippen LogP) is 2.76. The van der Waals surface area contributed by atoms with E-state index in [1.54, 1.807) is 68.4 Å². The molecule has 0 unspecified atom stereocenters. The molecule has 1 aromatic carbocycles. The summed E-state index contributed by atoms with van der Waals surface area (Å²) in [6, 6.07) is 9.95. The summed E-state index contributed by atoms with van der Waals surface area (Å²) in [6.45, 7) is 1.54. The normalized spacial score (nSPS) is 11.3. The van der Waals surface area contributed by atoms with Gasteiger partial charge in [-0.2, -0.15) is 10.4 Å². The molecule has 33 heavy (non-hydrogen) atoms. The van der Waals surface area contributed by atoms with Crippen LogP contribution in [0.3, 0.4) is 0 Å². The van der Waals surface area contributed by atoms with Crippen LogP contribution in [-0.4, -0.2) is 33.5 Å². The van der Waals surface area contributed by atoms with Crippen LogP contribution in [0.4, 0.5) is 5.69 Å². The first-order valence-electron chi connectivity index (χ1n) is 9.92. The van der Waals surface area contributed by atoms with Gasteiger partial charge in [0.25, 0.3) is 5.56 Å². The van der Waals surface area contributed by atoms with Gasteiger partial charge in [0.15, 0.2) is 0 Å². The highest BCUT2D eigenvalue weighted by Gasteiger charge is 2.18. The number of nitrogens with zero attached hydrogens (tertiary/aromatic N) is 5. The van der Waals surface area contributed by atoms with Crippen molar-refractivity contribution in [3.8, 4) is 28.8 Å². The first-order valence-corrected chi connectivity index (χ1v) is 11.6. The number of sulfonamides is 1. The Balaban J connectivity index is 1.92. The molecule has 11 heteroatoms. The SMILES string of the molecule is CCS(=O)(=O)Nc1ccc(Oc2ccc(C#N)cn2)c(-c2cn(C)c(=O)c3cn(C)nc23)c1. The maximum absolute atomic E-state index is 12.6. The van der Waals surface area contributed by atoms with Crippen molar-refractivity contribution in [3.63, 3.8) is 0 Å². The van der Waals surface area contributed by atoms with E-state index >= 15 is 0 Å². The molecule has 1 N–H and O–H groups in total. The Bertz CT molecular complexity index is 1560. The minimum Gasteiger partial charge on any atom is -0.438 e. The largest absolute Gasteiger partial charge is 0.438 e. The molecule has 0 amide bonds. The van der Waals surface area contributed by atoms with Crippen LogP contribution < -0.4 is 15.0 Å². The molecular weight excluding hydrogens is 444 g/mol. The molecule has 0 aliphatic rings. The highest BCUT2D eigenvalue weighted by molar-refractivity contribution is 7.92. The van der Waals surface area contributed by atoms with E-state index in [0.717, 1.165) is 0 Å². The Morgan fingerprint density at radius 1 is 1.15 bits per heavy atom. The lowest BCUT2D eigenvalue weighted by molar-refractivity contribution is 0.464. The highest BCUT2D eigenvalue weighted by atomic mass is 32.2. The average molecular weight is 465 g/mol. The van der Waals surface area contributed by atoms with Crippen LogP contribution in [0.2, 0.25) is 0 Å². The van der Waals surface area contributed by atoms with E-state index in [4.69, 9.17) is 10.00 Å². The zero-order valence-corrected chi connectivity index (χ0v) is 18.9. The van der Waals surface area contributed by atoms with Gasteiger partial charge in [0.2, 0.25) is 15.9 Å². The molecule has 0 aliphatic heterocycles. The molecule has 4 aromatic rings. The van der Waals surface area contributed by atoms with Gasteiger partial charge in [-0.1, -0.05) is 0 Å². The molecule has 10 nitrogen and oxygen atoms in total. The van der Waals surface area contributed by atoms with Crippen LogP contribution in [-0.2, 0) is 24.1 Å². The van der Waals surface area contributed by atoms with Gasteiger partial charge >= 0.3 is 0 Å². The van der Waals surface area contributed by atoms with Crippen molar-refractivity contribution < 1.29 is 13.2 Å². The first kappa shape index (κ1) is 22.0. The van der Waals surface area contributed by atoms with Gasteiger partial charge in [-0.15, -0.1) is 0 Å². The summed E-state index contributed by atoms with van der Waals surface area (Å²) >= 11 is 0. The monoisotopic (exact) mass is 464 g/mol. The van der Waals surface area contributed by atoms with Crippen LogP contribution in [0, 0.1) is 11.3 Å². The minimum absolute atomic E-state index is 0.0833. The molecule has 0 atom stereocenters. The number of fused-ring (bicyclic) bond motifs is 1. The van der Waals surface area contributed by atoms with Crippen molar-refractivity contribution in [1.29, 1.82) is 5.26 Å². The second-order valence-corrected chi connectivity index (χ2v) is 9.35. The number of ether oxygens (including phenoxy) is 1. The minimum atomic E-state index is -3.51. The van der Waals surface area contributed by atoms with Crippen molar-refractivity contribution in [2.45, 2.75) is 6.92 Å². The quantitative estimate of drug-likeness (QED) is 0.464. The summed E-state index contributed by atoms with van der Waals surface area (Å²) in [5, 5.41) is 13.8. The van der Waals surface area contributed by atoms with Gasteiger partial charge in [0.05, 0.1) is 16.7 Å². The summed E-state index contributed by atoms with van der Waals surface area (Å²) in [7, 11) is -0.168. The third kappa shape index (κ3) is 4.42. The Morgan fingerprint density at radius 2 is 1.94 bits per heavy atom. The maximum Gasteiger partial charge on any atom is 0.261 e. The zero-order valence-electron chi connectivity index (χ0n) is 18.1. The van der Waals surface area contributed by atoms with Crippen molar-refractivity contribution in [2.75, 3.05) is 10.5 Å². The number of aryl methyl sites for hydroxylation is 2. The van der Waals surface area contributed by atoms with E-state index in [-0.39, 0.29) is 17.2 Å². The number of aromatic nitrogens is 4. The molecule has 0 aliphatic carbocycles. The standard InChI is InChI=1S/C22H20N6O4S/c1-4-33(30,31)26-15-6-7-19(32-20-8-5-14(10-23)11-24-20)16(9-15)17-12-27(2)22(29)18-13-28(3)25-21(17)18/h5-9,11-13,26H,4H2,1-3H3. The Kier molecular flexibility index (Phi) is 5.61. The lowest BCUT2D eigenvalue weighted by Crippen LogP contribution is -2.16. The lowest BCUT2D eigenvalue weighted by atomic mass is 10.0. The molecule has 168 valence electrons. The van der Waals surface area contributed by atoms with Crippen LogP contribution in [0.15, 0.2) is 53.7 Å². The average Bonchev–Trinajstić information content (AvgIpc) is 3.19.